The lowest BCUT2D eigenvalue weighted by molar-refractivity contribution is -0.136. The van der Waals surface area contributed by atoms with E-state index in [-0.39, 0.29) is 17.4 Å². The zero-order valence-electron chi connectivity index (χ0n) is 11.4. The normalized spacial score (nSPS) is 11.7. The van der Waals surface area contributed by atoms with Gasteiger partial charge in [0.05, 0.1) is 5.75 Å². The Labute approximate surface area is 121 Å². The minimum atomic E-state index is -0.906. The molecule has 1 amide bonds. The third kappa shape index (κ3) is 5.05. The van der Waals surface area contributed by atoms with Gasteiger partial charge in [0, 0.05) is 11.3 Å². The molecule has 0 aliphatic carbocycles. The van der Waals surface area contributed by atoms with Crippen LogP contribution in [0.5, 0.6) is 0 Å². The molecule has 1 rings (SSSR count). The summed E-state index contributed by atoms with van der Waals surface area (Å²) >= 11 is 1.10. The quantitative estimate of drug-likeness (QED) is 0.755. The highest BCUT2D eigenvalue weighted by Gasteiger charge is 2.17. The summed E-state index contributed by atoms with van der Waals surface area (Å²) in [5.74, 6) is -1.12. The molecule has 0 saturated heterocycles. The van der Waals surface area contributed by atoms with E-state index in [1.54, 1.807) is 31.2 Å². The Morgan fingerprint density at radius 2 is 1.85 bits per heavy atom. The highest BCUT2D eigenvalue weighted by atomic mass is 32.2. The van der Waals surface area contributed by atoms with Gasteiger partial charge in [-0.3, -0.25) is 14.4 Å². The van der Waals surface area contributed by atoms with E-state index in [1.807, 2.05) is 0 Å². The minimum absolute atomic E-state index is 0.0364. The topological polar surface area (TPSA) is 83.5 Å². The Bertz CT molecular complexity index is 498. The number of amides is 1. The van der Waals surface area contributed by atoms with Crippen LogP contribution in [0.15, 0.2) is 24.3 Å². The summed E-state index contributed by atoms with van der Waals surface area (Å²) in [6, 6.07) is 6.57. The van der Waals surface area contributed by atoms with Crippen LogP contribution < -0.4 is 5.32 Å². The van der Waals surface area contributed by atoms with Crippen molar-refractivity contribution in [1.82, 2.24) is 0 Å². The van der Waals surface area contributed by atoms with E-state index in [4.69, 9.17) is 5.11 Å². The lowest BCUT2D eigenvalue weighted by Crippen LogP contribution is -2.20. The molecule has 1 aromatic carbocycles. The number of carboxylic acid groups (broad SMARTS) is 1. The molecule has 108 valence electrons. The van der Waals surface area contributed by atoms with Gasteiger partial charge in [0.25, 0.3) is 0 Å². The van der Waals surface area contributed by atoms with E-state index in [9.17, 15) is 14.4 Å². The molecular formula is C14H17NO4S. The third-order valence-corrected chi connectivity index (χ3v) is 4.00. The second-order valence-corrected chi connectivity index (χ2v) is 5.42. The first kappa shape index (κ1) is 16.2. The first-order valence-corrected chi connectivity index (χ1v) is 7.24. The lowest BCUT2D eigenvalue weighted by Gasteiger charge is -2.09. The number of carboxylic acids is 1. The first-order valence-electron chi connectivity index (χ1n) is 6.19. The predicted octanol–water partition coefficient (Wildman–Crippen LogP) is 2.42. The number of thioether (sulfide) groups is 1. The van der Waals surface area contributed by atoms with Crippen LogP contribution in [0.4, 0.5) is 5.69 Å². The Morgan fingerprint density at radius 3 is 2.30 bits per heavy atom. The number of ketones is 1. The van der Waals surface area contributed by atoms with Crippen LogP contribution >= 0.6 is 11.8 Å². The fourth-order valence-corrected chi connectivity index (χ4v) is 2.33. The van der Waals surface area contributed by atoms with Crippen LogP contribution in [0.25, 0.3) is 0 Å². The molecule has 0 saturated carbocycles. The van der Waals surface area contributed by atoms with Crippen molar-refractivity contribution in [3.05, 3.63) is 29.8 Å². The van der Waals surface area contributed by atoms with Gasteiger partial charge in [0.1, 0.15) is 5.25 Å². The van der Waals surface area contributed by atoms with Crippen LogP contribution in [-0.4, -0.2) is 33.8 Å². The summed E-state index contributed by atoms with van der Waals surface area (Å²) in [6.07, 6.45) is 0.473. The molecule has 0 heterocycles. The summed E-state index contributed by atoms with van der Waals surface area (Å²) in [6.45, 7) is 3.24. The number of carbonyl (C=O) groups is 3. The fraction of sp³-hybridized carbons (Fsp3) is 0.357. The van der Waals surface area contributed by atoms with E-state index < -0.39 is 11.2 Å². The summed E-state index contributed by atoms with van der Waals surface area (Å²) in [5, 5.41) is 11.0. The molecule has 0 aromatic heterocycles. The monoisotopic (exact) mass is 295 g/mol. The number of anilines is 1. The van der Waals surface area contributed by atoms with Crippen LogP contribution in [0.2, 0.25) is 0 Å². The van der Waals surface area contributed by atoms with Crippen molar-refractivity contribution in [2.75, 3.05) is 11.1 Å². The van der Waals surface area contributed by atoms with Crippen molar-refractivity contribution in [1.29, 1.82) is 0 Å². The molecule has 1 aromatic rings. The van der Waals surface area contributed by atoms with Gasteiger partial charge in [0.15, 0.2) is 5.78 Å². The number of Topliss-reactive ketones (excluding diaryl/α,β-unsaturated/α-hetero) is 1. The second kappa shape index (κ2) is 7.69. The van der Waals surface area contributed by atoms with Crippen molar-refractivity contribution in [3.8, 4) is 0 Å². The molecule has 1 unspecified atom stereocenters. The number of rotatable bonds is 7. The van der Waals surface area contributed by atoms with Gasteiger partial charge in [0.2, 0.25) is 5.91 Å². The SMILES string of the molecule is CCC(SCC(=O)Nc1ccc(C(C)=O)cc1)C(=O)O. The molecule has 2 N–H and O–H groups in total. The van der Waals surface area contributed by atoms with Crippen LogP contribution in [0.3, 0.4) is 0 Å². The fourth-order valence-electron chi connectivity index (χ4n) is 1.53. The number of nitrogens with one attached hydrogen (secondary N) is 1. The van der Waals surface area contributed by atoms with E-state index in [2.05, 4.69) is 5.32 Å². The molecule has 0 aliphatic rings. The van der Waals surface area contributed by atoms with E-state index in [0.717, 1.165) is 11.8 Å². The molecule has 5 nitrogen and oxygen atoms in total. The number of aliphatic carboxylic acids is 1. The molecule has 1 atom stereocenters. The Hall–Kier alpha value is -1.82. The number of hydrogen-bond acceptors (Lipinski definition) is 4. The van der Waals surface area contributed by atoms with Crippen LogP contribution in [-0.2, 0) is 9.59 Å². The molecule has 20 heavy (non-hydrogen) atoms. The summed E-state index contributed by atoms with van der Waals surface area (Å²) in [4.78, 5) is 33.6. The molecule has 0 bridgehead atoms. The number of carbonyl (C=O) groups excluding carboxylic acids is 2. The smallest absolute Gasteiger partial charge is 0.316 e. The zero-order chi connectivity index (χ0) is 15.1. The van der Waals surface area contributed by atoms with Crippen molar-refractivity contribution >= 4 is 35.1 Å². The first-order chi connectivity index (χ1) is 9.43. The van der Waals surface area contributed by atoms with Crippen molar-refractivity contribution in [2.45, 2.75) is 25.5 Å². The van der Waals surface area contributed by atoms with Gasteiger partial charge in [-0.25, -0.2) is 0 Å². The summed E-state index contributed by atoms with van der Waals surface area (Å²) in [7, 11) is 0. The van der Waals surface area contributed by atoms with Gasteiger partial charge in [-0.1, -0.05) is 6.92 Å². The zero-order valence-corrected chi connectivity index (χ0v) is 12.2. The van der Waals surface area contributed by atoms with Gasteiger partial charge < -0.3 is 10.4 Å². The molecule has 6 heteroatoms. The largest absolute Gasteiger partial charge is 0.480 e. The molecule has 0 aliphatic heterocycles. The molecule has 0 radical (unpaired) electrons. The molecule has 0 fully saturated rings. The average Bonchev–Trinajstić information content (AvgIpc) is 2.39. The summed E-state index contributed by atoms with van der Waals surface area (Å²) in [5.41, 5.74) is 1.17. The van der Waals surface area contributed by atoms with Crippen molar-refractivity contribution in [2.24, 2.45) is 0 Å². The average molecular weight is 295 g/mol. The number of hydrogen-bond donors (Lipinski definition) is 2. The third-order valence-electron chi connectivity index (χ3n) is 2.64. The number of benzene rings is 1. The Balaban J connectivity index is 2.50. The molecular weight excluding hydrogens is 278 g/mol. The minimum Gasteiger partial charge on any atom is -0.480 e. The van der Waals surface area contributed by atoms with Gasteiger partial charge in [-0.15, -0.1) is 11.8 Å². The van der Waals surface area contributed by atoms with E-state index >= 15 is 0 Å². The van der Waals surface area contributed by atoms with Crippen molar-refractivity contribution in [3.63, 3.8) is 0 Å². The second-order valence-electron chi connectivity index (χ2n) is 4.23. The summed E-state index contributed by atoms with van der Waals surface area (Å²) < 4.78 is 0. The maximum absolute atomic E-state index is 11.7. The Kier molecular flexibility index (Phi) is 6.24. The van der Waals surface area contributed by atoms with Gasteiger partial charge in [-0.2, -0.15) is 0 Å². The maximum atomic E-state index is 11.7. The van der Waals surface area contributed by atoms with E-state index in [0.29, 0.717) is 17.7 Å². The lowest BCUT2D eigenvalue weighted by atomic mass is 10.1. The van der Waals surface area contributed by atoms with Crippen LogP contribution in [0.1, 0.15) is 30.6 Å². The standard InChI is InChI=1S/C14H17NO4S/c1-3-12(14(18)19)20-8-13(17)15-11-6-4-10(5-7-11)9(2)16/h4-7,12H,3,8H2,1-2H3,(H,15,17)(H,18,19). The van der Waals surface area contributed by atoms with Crippen LogP contribution in [0, 0.1) is 0 Å². The predicted molar refractivity (Wildman–Crippen MR) is 79.2 cm³/mol. The van der Waals surface area contributed by atoms with Crippen molar-refractivity contribution < 1.29 is 19.5 Å². The van der Waals surface area contributed by atoms with E-state index in [1.165, 1.54) is 6.92 Å². The highest BCUT2D eigenvalue weighted by molar-refractivity contribution is 8.01. The maximum Gasteiger partial charge on any atom is 0.316 e. The Morgan fingerprint density at radius 1 is 1.25 bits per heavy atom. The highest BCUT2D eigenvalue weighted by Crippen LogP contribution is 2.16. The van der Waals surface area contributed by atoms with Gasteiger partial charge in [-0.05, 0) is 37.6 Å². The van der Waals surface area contributed by atoms with Gasteiger partial charge >= 0.3 is 5.97 Å². The molecule has 0 spiro atoms.